The van der Waals surface area contributed by atoms with Gasteiger partial charge in [-0.15, -0.1) is 0 Å². The Morgan fingerprint density at radius 3 is 1.88 bits per heavy atom. The van der Waals surface area contributed by atoms with Gasteiger partial charge in [0.2, 0.25) is 0 Å². The third kappa shape index (κ3) is 24.9. The van der Waals surface area contributed by atoms with E-state index in [1.807, 2.05) is 14.1 Å². The smallest absolute Gasteiger partial charge is 0.329 e. The minimum atomic E-state index is -1.92. The van der Waals surface area contributed by atoms with Crippen molar-refractivity contribution in [2.45, 2.75) is 129 Å². The van der Waals surface area contributed by atoms with E-state index in [2.05, 4.69) is 18.7 Å². The van der Waals surface area contributed by atoms with E-state index in [0.717, 1.165) is 25.8 Å². The summed E-state index contributed by atoms with van der Waals surface area (Å²) in [6.07, 6.45) is 21.4. The minimum Gasteiger partial charge on any atom is -0.462 e. The van der Waals surface area contributed by atoms with Gasteiger partial charge in [0.15, 0.2) is 0 Å². The molecule has 0 radical (unpaired) electrons. The highest BCUT2D eigenvalue weighted by molar-refractivity contribution is 7.40. The van der Waals surface area contributed by atoms with Crippen LogP contribution in [-0.2, 0) is 18.6 Å². The lowest BCUT2D eigenvalue weighted by Crippen LogP contribution is -2.20. The highest BCUT2D eigenvalue weighted by Gasteiger charge is 2.16. The van der Waals surface area contributed by atoms with Crippen molar-refractivity contribution in [1.29, 1.82) is 0 Å². The predicted octanol–water partition coefficient (Wildman–Crippen LogP) is 7.63. The van der Waals surface area contributed by atoms with Crippen LogP contribution in [0.4, 0.5) is 0 Å². The fourth-order valence-corrected chi connectivity index (χ4v) is 4.76. The number of unbranched alkanes of at least 4 members (excludes halogenated alkanes) is 12. The summed E-state index contributed by atoms with van der Waals surface area (Å²) < 4.78 is 15.8. The number of hydrogen-bond donors (Lipinski definition) is 1. The Morgan fingerprint density at radius 2 is 1.35 bits per heavy atom. The summed E-state index contributed by atoms with van der Waals surface area (Å²) in [4.78, 5) is 22.7. The Morgan fingerprint density at radius 1 is 0.794 bits per heavy atom. The Balaban J connectivity index is 3.65. The molecule has 6 nitrogen and oxygen atoms in total. The molecule has 0 saturated heterocycles. The van der Waals surface area contributed by atoms with Crippen molar-refractivity contribution in [3.05, 3.63) is 0 Å². The van der Waals surface area contributed by atoms with E-state index < -0.39 is 8.60 Å². The molecule has 0 aromatic carbocycles. The first-order chi connectivity index (χ1) is 16.5. The number of nitrogens with zero attached hydrogens (tertiary/aromatic N) is 1. The molecule has 0 aliphatic carbocycles. The molecule has 0 fully saturated rings. The highest BCUT2D eigenvalue weighted by atomic mass is 31.2. The van der Waals surface area contributed by atoms with Crippen LogP contribution in [0.15, 0.2) is 0 Å². The predicted molar refractivity (Wildman–Crippen MR) is 144 cm³/mol. The van der Waals surface area contributed by atoms with Crippen molar-refractivity contribution in [3.63, 3.8) is 0 Å². The number of carbonyl (C=O) groups excluding carboxylic acids is 1. The van der Waals surface area contributed by atoms with Gasteiger partial charge in [0, 0.05) is 0 Å². The zero-order chi connectivity index (χ0) is 25.3. The molecule has 0 aromatic heterocycles. The Bertz CT molecular complexity index is 428. The van der Waals surface area contributed by atoms with Gasteiger partial charge in [-0.25, -0.2) is 0 Å². The van der Waals surface area contributed by atoms with E-state index in [4.69, 9.17) is 13.8 Å². The molecule has 0 aliphatic heterocycles. The fraction of sp³-hybridized carbons (Fsp3) is 0.963. The maximum absolute atomic E-state index is 10.8. The first kappa shape index (κ1) is 33.7. The first-order valence-corrected chi connectivity index (χ1v) is 15.1. The van der Waals surface area contributed by atoms with Crippen molar-refractivity contribution in [3.8, 4) is 0 Å². The average Bonchev–Trinajstić information content (AvgIpc) is 2.81. The SMILES string of the molecule is CCCCCCCCCCCCCCCC(C)CCC(COP(O)OCCCN(C)C)OC=O. The van der Waals surface area contributed by atoms with Crippen LogP contribution in [0.5, 0.6) is 0 Å². The maximum atomic E-state index is 10.8. The van der Waals surface area contributed by atoms with E-state index in [1.54, 1.807) is 0 Å². The lowest BCUT2D eigenvalue weighted by Gasteiger charge is -2.19. The molecule has 204 valence electrons. The van der Waals surface area contributed by atoms with Gasteiger partial charge in [0.25, 0.3) is 6.47 Å². The van der Waals surface area contributed by atoms with Crippen molar-refractivity contribution in [2.75, 3.05) is 33.9 Å². The van der Waals surface area contributed by atoms with Crippen LogP contribution in [0.25, 0.3) is 0 Å². The Hall–Kier alpha value is -0.260. The van der Waals surface area contributed by atoms with E-state index in [1.165, 1.54) is 89.9 Å². The van der Waals surface area contributed by atoms with Crippen LogP contribution in [0.1, 0.15) is 123 Å². The number of ether oxygens (including phenoxy) is 1. The van der Waals surface area contributed by atoms with Crippen LogP contribution >= 0.6 is 8.60 Å². The third-order valence-electron chi connectivity index (χ3n) is 6.35. The van der Waals surface area contributed by atoms with Crippen LogP contribution in [0.3, 0.4) is 0 Å². The molecule has 7 heteroatoms. The third-order valence-corrected chi connectivity index (χ3v) is 7.13. The summed E-state index contributed by atoms with van der Waals surface area (Å²) in [5.74, 6) is 0.600. The molecule has 0 aromatic rings. The first-order valence-electron chi connectivity index (χ1n) is 14.0. The standard InChI is InChI=1S/C27H56NO5P/c1-5-6-7-8-9-10-11-12-13-14-15-16-17-19-26(2)20-21-27(31-25-29)24-33-34(30)32-23-18-22-28(3)4/h25-27,30H,5-24H2,1-4H3. The van der Waals surface area contributed by atoms with E-state index >= 15 is 0 Å². The van der Waals surface area contributed by atoms with Crippen molar-refractivity contribution in [1.82, 2.24) is 4.90 Å². The normalized spacial score (nSPS) is 14.3. The number of carbonyl (C=O) groups is 1. The van der Waals surface area contributed by atoms with Gasteiger partial charge in [0.05, 0.1) is 13.2 Å². The summed E-state index contributed by atoms with van der Waals surface area (Å²) in [6.45, 7) is 6.56. The molecule has 0 bridgehead atoms. The van der Waals surface area contributed by atoms with Crippen LogP contribution in [-0.4, -0.2) is 56.2 Å². The van der Waals surface area contributed by atoms with Gasteiger partial charge in [-0.05, 0) is 45.8 Å². The Kier molecular flexibility index (Phi) is 25.6. The molecule has 0 rings (SSSR count). The summed E-state index contributed by atoms with van der Waals surface area (Å²) >= 11 is 0. The molecule has 0 saturated carbocycles. The molecule has 1 N–H and O–H groups in total. The van der Waals surface area contributed by atoms with Gasteiger partial charge in [-0.2, -0.15) is 0 Å². The van der Waals surface area contributed by atoms with E-state index in [-0.39, 0.29) is 12.7 Å². The average molecular weight is 506 g/mol. The second kappa shape index (κ2) is 25.8. The van der Waals surface area contributed by atoms with E-state index in [0.29, 0.717) is 19.0 Å². The molecule has 0 aliphatic rings. The molecular weight excluding hydrogens is 449 g/mol. The summed E-state index contributed by atoms with van der Waals surface area (Å²) in [6, 6.07) is 0. The topological polar surface area (TPSA) is 68.2 Å². The second-order valence-electron chi connectivity index (χ2n) is 10.1. The molecule has 0 spiro atoms. The summed E-state index contributed by atoms with van der Waals surface area (Å²) in [7, 11) is 2.08. The quantitative estimate of drug-likeness (QED) is 0.0703. The fourth-order valence-electron chi connectivity index (χ4n) is 4.10. The molecule has 3 unspecified atom stereocenters. The zero-order valence-electron chi connectivity index (χ0n) is 22.8. The summed E-state index contributed by atoms with van der Waals surface area (Å²) in [5.41, 5.74) is 0. The zero-order valence-corrected chi connectivity index (χ0v) is 23.7. The number of hydrogen-bond acceptors (Lipinski definition) is 6. The molecular formula is C27H56NO5P. The van der Waals surface area contributed by atoms with E-state index in [9.17, 15) is 9.69 Å². The molecule has 0 heterocycles. The minimum absolute atomic E-state index is 0.181. The molecule has 0 amide bonds. The number of rotatable bonds is 27. The van der Waals surface area contributed by atoms with Gasteiger partial charge in [-0.3, -0.25) is 4.79 Å². The monoisotopic (exact) mass is 505 g/mol. The largest absolute Gasteiger partial charge is 0.462 e. The van der Waals surface area contributed by atoms with Crippen LogP contribution in [0, 0.1) is 5.92 Å². The highest BCUT2D eigenvalue weighted by Crippen LogP contribution is 2.33. The molecule has 34 heavy (non-hydrogen) atoms. The van der Waals surface area contributed by atoms with Gasteiger partial charge < -0.3 is 23.6 Å². The van der Waals surface area contributed by atoms with Gasteiger partial charge in [0.1, 0.15) is 6.10 Å². The van der Waals surface area contributed by atoms with Gasteiger partial charge >= 0.3 is 8.60 Å². The van der Waals surface area contributed by atoms with Crippen molar-refractivity contribution < 1.29 is 23.5 Å². The van der Waals surface area contributed by atoms with Crippen molar-refractivity contribution >= 4 is 15.1 Å². The van der Waals surface area contributed by atoms with Crippen LogP contribution in [0.2, 0.25) is 0 Å². The van der Waals surface area contributed by atoms with Crippen molar-refractivity contribution in [2.24, 2.45) is 5.92 Å². The lowest BCUT2D eigenvalue weighted by molar-refractivity contribution is -0.135. The summed E-state index contributed by atoms with van der Waals surface area (Å²) in [5, 5.41) is 0. The second-order valence-corrected chi connectivity index (χ2v) is 11.1. The maximum Gasteiger partial charge on any atom is 0.329 e. The Labute approximate surface area is 212 Å². The lowest BCUT2D eigenvalue weighted by atomic mass is 9.96. The molecule has 3 atom stereocenters. The van der Waals surface area contributed by atoms with Gasteiger partial charge in [-0.1, -0.05) is 104 Å². The van der Waals surface area contributed by atoms with Crippen LogP contribution < -0.4 is 0 Å².